The second-order valence-electron chi connectivity index (χ2n) is 8.32. The number of imidazole rings is 1. The standard InChI is InChI=1S/C27H26ClN3O2/c28-25-10-8-23(9-11-25)27(31-13-12-29-20-31,24-2-1-3-26(32)18-24)22-6-4-21(5-7-22)19-30-14-16-33-17-15-30/h1-13,18,20,32H,14-17,19H2. The van der Waals surface area contributed by atoms with Gasteiger partial charge in [0.05, 0.1) is 19.5 Å². The van der Waals surface area contributed by atoms with E-state index in [1.165, 1.54) is 5.56 Å². The smallest absolute Gasteiger partial charge is 0.121 e. The highest BCUT2D eigenvalue weighted by Crippen LogP contribution is 2.42. The minimum Gasteiger partial charge on any atom is -0.508 e. The van der Waals surface area contributed by atoms with Gasteiger partial charge in [-0.3, -0.25) is 4.90 Å². The van der Waals surface area contributed by atoms with Gasteiger partial charge in [-0.1, -0.05) is 60.1 Å². The van der Waals surface area contributed by atoms with Gasteiger partial charge in [0.1, 0.15) is 11.3 Å². The zero-order chi connectivity index (χ0) is 22.7. The number of morpholine rings is 1. The molecule has 0 spiro atoms. The Morgan fingerprint density at radius 3 is 2.24 bits per heavy atom. The lowest BCUT2D eigenvalue weighted by atomic mass is 9.76. The highest BCUT2D eigenvalue weighted by molar-refractivity contribution is 6.30. The Morgan fingerprint density at radius 2 is 1.61 bits per heavy atom. The summed E-state index contributed by atoms with van der Waals surface area (Å²) in [5.74, 6) is 0.217. The molecule has 0 amide bonds. The van der Waals surface area contributed by atoms with Gasteiger partial charge in [0, 0.05) is 37.1 Å². The molecule has 5 rings (SSSR count). The van der Waals surface area contributed by atoms with E-state index in [0.29, 0.717) is 5.02 Å². The quantitative estimate of drug-likeness (QED) is 0.416. The van der Waals surface area contributed by atoms with E-state index in [0.717, 1.165) is 49.5 Å². The van der Waals surface area contributed by atoms with Gasteiger partial charge >= 0.3 is 0 Å². The van der Waals surface area contributed by atoms with Gasteiger partial charge in [-0.15, -0.1) is 0 Å². The summed E-state index contributed by atoms with van der Waals surface area (Å²) in [7, 11) is 0. The van der Waals surface area contributed by atoms with E-state index in [9.17, 15) is 5.11 Å². The Hall–Kier alpha value is -3.12. The van der Waals surface area contributed by atoms with Gasteiger partial charge in [-0.05, 0) is 46.5 Å². The normalized spacial score (nSPS) is 16.4. The van der Waals surface area contributed by atoms with E-state index in [1.54, 1.807) is 12.3 Å². The van der Waals surface area contributed by atoms with Gasteiger partial charge in [-0.2, -0.15) is 0 Å². The first-order valence-electron chi connectivity index (χ1n) is 11.1. The predicted octanol–water partition coefficient (Wildman–Crippen LogP) is 4.91. The zero-order valence-electron chi connectivity index (χ0n) is 18.3. The lowest BCUT2D eigenvalue weighted by Crippen LogP contribution is -2.37. The number of benzene rings is 3. The molecule has 0 bridgehead atoms. The van der Waals surface area contributed by atoms with E-state index in [2.05, 4.69) is 38.7 Å². The van der Waals surface area contributed by atoms with Crippen LogP contribution in [-0.4, -0.2) is 45.9 Å². The summed E-state index contributed by atoms with van der Waals surface area (Å²) in [6, 6.07) is 24.0. The van der Waals surface area contributed by atoms with Crippen LogP contribution in [0.1, 0.15) is 22.3 Å². The van der Waals surface area contributed by atoms with Crippen molar-refractivity contribution in [3.05, 3.63) is 119 Å². The van der Waals surface area contributed by atoms with E-state index in [4.69, 9.17) is 16.3 Å². The first-order valence-corrected chi connectivity index (χ1v) is 11.5. The molecular weight excluding hydrogens is 434 g/mol. The van der Waals surface area contributed by atoms with Crippen molar-refractivity contribution in [2.75, 3.05) is 26.3 Å². The Labute approximate surface area is 198 Å². The summed E-state index contributed by atoms with van der Waals surface area (Å²) in [5.41, 5.74) is 3.56. The van der Waals surface area contributed by atoms with Crippen LogP contribution in [0.25, 0.3) is 0 Å². The number of aromatic hydroxyl groups is 1. The van der Waals surface area contributed by atoms with Gasteiger partial charge in [-0.25, -0.2) is 4.98 Å². The fraction of sp³-hybridized carbons (Fsp3) is 0.222. The molecule has 1 unspecified atom stereocenters. The second-order valence-corrected chi connectivity index (χ2v) is 8.76. The van der Waals surface area contributed by atoms with Crippen LogP contribution < -0.4 is 0 Å². The molecule has 1 aliphatic heterocycles. The number of hydrogen-bond donors (Lipinski definition) is 1. The largest absolute Gasteiger partial charge is 0.508 e. The molecule has 0 radical (unpaired) electrons. The summed E-state index contributed by atoms with van der Waals surface area (Å²) in [6.07, 6.45) is 5.56. The minimum absolute atomic E-state index is 0.217. The van der Waals surface area contributed by atoms with Crippen LogP contribution in [0.3, 0.4) is 0 Å². The van der Waals surface area contributed by atoms with Gasteiger partial charge in [0.2, 0.25) is 0 Å². The highest BCUT2D eigenvalue weighted by atomic mass is 35.5. The molecule has 1 N–H and O–H groups in total. The van der Waals surface area contributed by atoms with E-state index in [1.807, 2.05) is 55.0 Å². The lowest BCUT2D eigenvalue weighted by Gasteiger charge is -2.37. The zero-order valence-corrected chi connectivity index (χ0v) is 19.0. The topological polar surface area (TPSA) is 50.5 Å². The number of aromatic nitrogens is 2. The molecule has 1 atom stereocenters. The molecule has 5 nitrogen and oxygen atoms in total. The monoisotopic (exact) mass is 459 g/mol. The molecule has 33 heavy (non-hydrogen) atoms. The molecule has 0 aliphatic carbocycles. The maximum Gasteiger partial charge on any atom is 0.121 e. The Morgan fingerprint density at radius 1 is 0.909 bits per heavy atom. The van der Waals surface area contributed by atoms with Crippen molar-refractivity contribution in [2.45, 2.75) is 12.1 Å². The maximum atomic E-state index is 10.4. The van der Waals surface area contributed by atoms with Gasteiger partial charge in [0.15, 0.2) is 0 Å². The first-order chi connectivity index (χ1) is 16.2. The third-order valence-corrected chi connectivity index (χ3v) is 6.55. The van der Waals surface area contributed by atoms with Crippen molar-refractivity contribution >= 4 is 11.6 Å². The van der Waals surface area contributed by atoms with Crippen LogP contribution in [0.5, 0.6) is 5.75 Å². The minimum atomic E-state index is -0.725. The summed E-state index contributed by atoms with van der Waals surface area (Å²) in [4.78, 5) is 6.77. The number of phenols is 1. The Balaban J connectivity index is 1.65. The Bertz CT molecular complexity index is 1190. The maximum absolute atomic E-state index is 10.4. The number of nitrogens with zero attached hydrogens (tertiary/aromatic N) is 3. The Kier molecular flexibility index (Phi) is 6.18. The fourth-order valence-electron chi connectivity index (χ4n) is 4.70. The van der Waals surface area contributed by atoms with Crippen molar-refractivity contribution in [1.82, 2.24) is 14.5 Å². The number of hydrogen-bond acceptors (Lipinski definition) is 4. The summed E-state index contributed by atoms with van der Waals surface area (Å²) in [6.45, 7) is 4.38. The molecule has 168 valence electrons. The van der Waals surface area contributed by atoms with Crippen LogP contribution in [0.2, 0.25) is 5.02 Å². The fourth-order valence-corrected chi connectivity index (χ4v) is 4.82. The predicted molar refractivity (Wildman–Crippen MR) is 130 cm³/mol. The average Bonchev–Trinajstić information content (AvgIpc) is 3.38. The molecule has 2 heterocycles. The van der Waals surface area contributed by atoms with Crippen LogP contribution in [0.15, 0.2) is 91.5 Å². The van der Waals surface area contributed by atoms with Crippen LogP contribution in [0, 0.1) is 0 Å². The SMILES string of the molecule is Oc1cccc(C(c2ccc(Cl)cc2)(c2ccc(CN3CCOCC3)cc2)n2ccnc2)c1. The van der Waals surface area contributed by atoms with Crippen molar-refractivity contribution in [2.24, 2.45) is 0 Å². The number of halogens is 1. The molecule has 0 saturated carbocycles. The highest BCUT2D eigenvalue weighted by Gasteiger charge is 2.38. The van der Waals surface area contributed by atoms with Crippen molar-refractivity contribution < 1.29 is 9.84 Å². The average molecular weight is 460 g/mol. The van der Waals surface area contributed by atoms with Crippen LogP contribution in [0.4, 0.5) is 0 Å². The van der Waals surface area contributed by atoms with E-state index >= 15 is 0 Å². The van der Waals surface area contributed by atoms with E-state index < -0.39 is 5.54 Å². The van der Waals surface area contributed by atoms with Crippen LogP contribution >= 0.6 is 11.6 Å². The number of rotatable bonds is 6. The second kappa shape index (κ2) is 9.40. The first kappa shape index (κ1) is 21.7. The molecule has 1 aromatic heterocycles. The van der Waals surface area contributed by atoms with Gasteiger partial charge in [0.25, 0.3) is 0 Å². The molecule has 6 heteroatoms. The lowest BCUT2D eigenvalue weighted by molar-refractivity contribution is 0.0342. The van der Waals surface area contributed by atoms with Crippen LogP contribution in [-0.2, 0) is 16.8 Å². The third kappa shape index (κ3) is 4.27. The van der Waals surface area contributed by atoms with E-state index in [-0.39, 0.29) is 5.75 Å². The molecule has 1 aliphatic rings. The molecular formula is C27H26ClN3O2. The van der Waals surface area contributed by atoms with Crippen molar-refractivity contribution in [3.8, 4) is 5.75 Å². The summed E-state index contributed by atoms with van der Waals surface area (Å²) in [5, 5.41) is 11.1. The summed E-state index contributed by atoms with van der Waals surface area (Å²) >= 11 is 6.24. The number of ether oxygens (including phenoxy) is 1. The third-order valence-electron chi connectivity index (χ3n) is 6.30. The molecule has 3 aromatic carbocycles. The van der Waals surface area contributed by atoms with Crippen molar-refractivity contribution in [1.29, 1.82) is 0 Å². The molecule has 1 saturated heterocycles. The summed E-state index contributed by atoms with van der Waals surface area (Å²) < 4.78 is 7.56. The van der Waals surface area contributed by atoms with Crippen molar-refractivity contribution in [3.63, 3.8) is 0 Å². The number of phenolic OH excluding ortho intramolecular Hbond substituents is 1. The molecule has 1 fully saturated rings. The molecule has 4 aromatic rings. The van der Waals surface area contributed by atoms with Gasteiger partial charge < -0.3 is 14.4 Å².